The van der Waals surface area contributed by atoms with E-state index in [1.807, 2.05) is 36.9 Å². The smallest absolute Gasteiger partial charge is 0.254 e. The van der Waals surface area contributed by atoms with Crippen molar-refractivity contribution in [3.05, 3.63) is 29.8 Å². The van der Waals surface area contributed by atoms with Crippen LogP contribution in [0.3, 0.4) is 0 Å². The summed E-state index contributed by atoms with van der Waals surface area (Å²) in [7, 11) is 0. The van der Waals surface area contributed by atoms with E-state index in [1.54, 1.807) is 6.07 Å². The van der Waals surface area contributed by atoms with Crippen LogP contribution in [0.5, 0.6) is 5.75 Å². The van der Waals surface area contributed by atoms with Gasteiger partial charge in [0.15, 0.2) is 0 Å². The van der Waals surface area contributed by atoms with Crippen molar-refractivity contribution in [3.63, 3.8) is 0 Å². The van der Waals surface area contributed by atoms with Gasteiger partial charge < -0.3 is 15.4 Å². The van der Waals surface area contributed by atoms with Crippen molar-refractivity contribution in [2.75, 3.05) is 13.1 Å². The van der Waals surface area contributed by atoms with Gasteiger partial charge in [-0.15, -0.1) is 0 Å². The van der Waals surface area contributed by atoms with Crippen LogP contribution in [0.15, 0.2) is 24.3 Å². The second kappa shape index (κ2) is 5.83. The summed E-state index contributed by atoms with van der Waals surface area (Å²) in [6.45, 7) is 7.35. The molecule has 1 heterocycles. The van der Waals surface area contributed by atoms with Crippen LogP contribution in [0.25, 0.3) is 0 Å². The van der Waals surface area contributed by atoms with Crippen LogP contribution in [0, 0.1) is 0 Å². The van der Waals surface area contributed by atoms with Gasteiger partial charge in [-0.25, -0.2) is 0 Å². The fraction of sp³-hybridized carbons (Fsp3) is 0.562. The number of benzene rings is 1. The second-order valence-corrected chi connectivity index (χ2v) is 5.97. The summed E-state index contributed by atoms with van der Waals surface area (Å²) in [6.07, 6.45) is 2.12. The Kier molecular flexibility index (Phi) is 4.33. The van der Waals surface area contributed by atoms with Crippen molar-refractivity contribution in [2.24, 2.45) is 5.73 Å². The van der Waals surface area contributed by atoms with Crippen molar-refractivity contribution in [3.8, 4) is 5.75 Å². The van der Waals surface area contributed by atoms with E-state index in [2.05, 4.69) is 6.92 Å². The standard InChI is InChI=1S/C16H24N2O2/c1-4-8-16(17)10-18(11-16)15(19)13-6-5-7-14(9-13)20-12(2)3/h5-7,9,12H,4,8,10-11,17H2,1-3H3. The quantitative estimate of drug-likeness (QED) is 0.898. The monoisotopic (exact) mass is 276 g/mol. The Morgan fingerprint density at radius 3 is 2.75 bits per heavy atom. The van der Waals surface area contributed by atoms with Gasteiger partial charge in [-0.1, -0.05) is 19.4 Å². The maximum Gasteiger partial charge on any atom is 0.254 e. The molecule has 4 nitrogen and oxygen atoms in total. The molecule has 20 heavy (non-hydrogen) atoms. The van der Waals surface area contributed by atoms with Crippen molar-refractivity contribution < 1.29 is 9.53 Å². The lowest BCUT2D eigenvalue weighted by Crippen LogP contribution is -2.68. The topological polar surface area (TPSA) is 55.6 Å². The molecule has 0 radical (unpaired) electrons. The van der Waals surface area contributed by atoms with E-state index >= 15 is 0 Å². The Hall–Kier alpha value is -1.55. The van der Waals surface area contributed by atoms with E-state index in [1.165, 1.54) is 0 Å². The zero-order valence-electron chi connectivity index (χ0n) is 12.6. The number of carbonyl (C=O) groups is 1. The van der Waals surface area contributed by atoms with Crippen LogP contribution >= 0.6 is 0 Å². The molecule has 0 unspecified atom stereocenters. The number of amides is 1. The van der Waals surface area contributed by atoms with Crippen LogP contribution < -0.4 is 10.5 Å². The average molecular weight is 276 g/mol. The summed E-state index contributed by atoms with van der Waals surface area (Å²) in [4.78, 5) is 14.2. The molecule has 1 aliphatic rings. The van der Waals surface area contributed by atoms with E-state index < -0.39 is 0 Å². The SMILES string of the molecule is CCCC1(N)CN(C(=O)c2cccc(OC(C)C)c2)C1. The minimum absolute atomic E-state index is 0.0383. The molecule has 1 aliphatic heterocycles. The normalized spacial score (nSPS) is 16.9. The first-order valence-electron chi connectivity index (χ1n) is 7.28. The highest BCUT2D eigenvalue weighted by Crippen LogP contribution is 2.26. The molecule has 110 valence electrons. The number of rotatable bonds is 5. The van der Waals surface area contributed by atoms with Gasteiger partial charge in [0.2, 0.25) is 0 Å². The second-order valence-electron chi connectivity index (χ2n) is 5.97. The summed E-state index contributed by atoms with van der Waals surface area (Å²) in [5.41, 5.74) is 6.68. The number of likely N-dealkylation sites (tertiary alicyclic amines) is 1. The average Bonchev–Trinajstić information content (AvgIpc) is 2.35. The molecule has 0 saturated carbocycles. The minimum atomic E-state index is -0.184. The highest BCUT2D eigenvalue weighted by molar-refractivity contribution is 5.95. The maximum absolute atomic E-state index is 12.4. The zero-order chi connectivity index (χ0) is 14.8. The molecule has 1 aromatic rings. The first-order valence-corrected chi connectivity index (χ1v) is 7.28. The van der Waals surface area contributed by atoms with Gasteiger partial charge in [-0.3, -0.25) is 4.79 Å². The number of nitrogens with zero attached hydrogens (tertiary/aromatic N) is 1. The van der Waals surface area contributed by atoms with E-state index in [0.717, 1.165) is 18.6 Å². The molecule has 0 aliphatic carbocycles. The molecule has 0 spiro atoms. The van der Waals surface area contributed by atoms with Crippen LogP contribution in [0.1, 0.15) is 44.0 Å². The van der Waals surface area contributed by atoms with Crippen molar-refractivity contribution >= 4 is 5.91 Å². The molecule has 4 heteroatoms. The largest absolute Gasteiger partial charge is 0.491 e. The third-order valence-electron chi connectivity index (χ3n) is 3.50. The van der Waals surface area contributed by atoms with Crippen LogP contribution in [-0.2, 0) is 0 Å². The summed E-state index contributed by atoms with van der Waals surface area (Å²) >= 11 is 0. The third kappa shape index (κ3) is 3.31. The lowest BCUT2D eigenvalue weighted by atomic mass is 9.86. The first kappa shape index (κ1) is 14.9. The fourth-order valence-corrected chi connectivity index (χ4v) is 2.67. The third-order valence-corrected chi connectivity index (χ3v) is 3.50. The molecule has 0 bridgehead atoms. The van der Waals surface area contributed by atoms with Gasteiger partial charge in [0, 0.05) is 18.7 Å². The Morgan fingerprint density at radius 2 is 2.15 bits per heavy atom. The lowest BCUT2D eigenvalue weighted by molar-refractivity contribution is 0.0386. The van der Waals surface area contributed by atoms with E-state index in [9.17, 15) is 4.79 Å². The summed E-state index contributed by atoms with van der Waals surface area (Å²) in [6, 6.07) is 7.36. The minimum Gasteiger partial charge on any atom is -0.491 e. The van der Waals surface area contributed by atoms with Gasteiger partial charge in [0.25, 0.3) is 5.91 Å². The summed E-state index contributed by atoms with van der Waals surface area (Å²) < 4.78 is 5.62. The van der Waals surface area contributed by atoms with Gasteiger partial charge in [-0.05, 0) is 38.5 Å². The van der Waals surface area contributed by atoms with Crippen LogP contribution in [0.4, 0.5) is 0 Å². The molecule has 2 rings (SSSR count). The summed E-state index contributed by atoms with van der Waals surface area (Å²) in [5.74, 6) is 0.773. The number of ether oxygens (including phenoxy) is 1. The summed E-state index contributed by atoms with van der Waals surface area (Å²) in [5, 5.41) is 0. The fourth-order valence-electron chi connectivity index (χ4n) is 2.67. The Balaban J connectivity index is 2.00. The van der Waals surface area contributed by atoms with Gasteiger partial charge in [0.05, 0.1) is 11.6 Å². The number of carbonyl (C=O) groups excluding carboxylic acids is 1. The highest BCUT2D eigenvalue weighted by atomic mass is 16.5. The van der Waals surface area contributed by atoms with Crippen molar-refractivity contribution in [2.45, 2.75) is 45.3 Å². The van der Waals surface area contributed by atoms with Gasteiger partial charge >= 0.3 is 0 Å². The van der Waals surface area contributed by atoms with Gasteiger partial charge in [0.1, 0.15) is 5.75 Å². The molecule has 1 fully saturated rings. The van der Waals surface area contributed by atoms with Crippen molar-refractivity contribution in [1.82, 2.24) is 4.90 Å². The Morgan fingerprint density at radius 1 is 1.45 bits per heavy atom. The molecule has 2 N–H and O–H groups in total. The van der Waals surface area contributed by atoms with E-state index in [-0.39, 0.29) is 17.6 Å². The van der Waals surface area contributed by atoms with E-state index in [4.69, 9.17) is 10.5 Å². The molecule has 0 aromatic heterocycles. The first-order chi connectivity index (χ1) is 9.43. The Bertz CT molecular complexity index is 479. The molecule has 0 atom stereocenters. The highest BCUT2D eigenvalue weighted by Gasteiger charge is 2.41. The number of hydrogen-bond donors (Lipinski definition) is 1. The molecule has 1 amide bonds. The molecule has 1 aromatic carbocycles. The number of nitrogens with two attached hydrogens (primary N) is 1. The van der Waals surface area contributed by atoms with Gasteiger partial charge in [-0.2, -0.15) is 0 Å². The molecular formula is C16H24N2O2. The van der Waals surface area contributed by atoms with Crippen LogP contribution in [-0.4, -0.2) is 35.5 Å². The molecule has 1 saturated heterocycles. The number of hydrogen-bond acceptors (Lipinski definition) is 3. The van der Waals surface area contributed by atoms with E-state index in [0.29, 0.717) is 18.7 Å². The predicted molar refractivity (Wildman–Crippen MR) is 79.9 cm³/mol. The lowest BCUT2D eigenvalue weighted by Gasteiger charge is -2.47. The van der Waals surface area contributed by atoms with Crippen LogP contribution in [0.2, 0.25) is 0 Å². The molecular weight excluding hydrogens is 252 g/mol. The zero-order valence-corrected chi connectivity index (χ0v) is 12.6. The predicted octanol–water partition coefficient (Wildman–Crippen LogP) is 2.43. The Labute approximate surface area is 120 Å². The maximum atomic E-state index is 12.4. The van der Waals surface area contributed by atoms with Crippen molar-refractivity contribution in [1.29, 1.82) is 0 Å².